The molecule has 0 aliphatic carbocycles. The van der Waals surface area contributed by atoms with E-state index in [0.717, 1.165) is 43.1 Å². The topological polar surface area (TPSA) is 75.7 Å². The van der Waals surface area contributed by atoms with Gasteiger partial charge in [0.25, 0.3) is 5.91 Å². The number of nitrogens with one attached hydrogen (secondary N) is 1. The molecule has 0 saturated carbocycles. The normalized spacial score (nSPS) is 14.4. The summed E-state index contributed by atoms with van der Waals surface area (Å²) in [7, 11) is 0. The summed E-state index contributed by atoms with van der Waals surface area (Å²) >= 11 is 1.54. The number of rotatable bonds is 4. The molecule has 0 saturated heterocycles. The Morgan fingerprint density at radius 2 is 2.26 bits per heavy atom. The first-order chi connectivity index (χ1) is 13.2. The third kappa shape index (κ3) is 3.24. The van der Waals surface area contributed by atoms with Crippen LogP contribution in [0.1, 0.15) is 26.6 Å². The second kappa shape index (κ2) is 6.64. The minimum atomic E-state index is -0.198. The van der Waals surface area contributed by atoms with Gasteiger partial charge in [0.05, 0.1) is 23.2 Å². The van der Waals surface area contributed by atoms with Crippen molar-refractivity contribution in [2.45, 2.75) is 19.5 Å². The number of pyridine rings is 1. The van der Waals surface area contributed by atoms with Crippen LogP contribution in [0, 0.1) is 0 Å². The smallest absolute Gasteiger partial charge is 0.260 e. The van der Waals surface area contributed by atoms with Gasteiger partial charge >= 0.3 is 0 Å². The Bertz CT molecular complexity index is 1070. The lowest BCUT2D eigenvalue weighted by Crippen LogP contribution is -2.29. The van der Waals surface area contributed by atoms with Crippen LogP contribution in [-0.2, 0) is 19.5 Å². The lowest BCUT2D eigenvalue weighted by atomic mass is 10.2. The third-order valence-electron chi connectivity index (χ3n) is 4.61. The molecule has 27 heavy (non-hydrogen) atoms. The summed E-state index contributed by atoms with van der Waals surface area (Å²) in [5.41, 5.74) is 3.60. The zero-order valence-electron chi connectivity index (χ0n) is 14.5. The summed E-state index contributed by atoms with van der Waals surface area (Å²) in [4.78, 5) is 25.0. The SMILES string of the molecule is O=C(Nc1nc2c(s1)CN(Cc1cn3ccccc3n1)CC2)c1ccoc1. The van der Waals surface area contributed by atoms with E-state index in [1.807, 2.05) is 28.8 Å². The highest BCUT2D eigenvalue weighted by Crippen LogP contribution is 2.29. The van der Waals surface area contributed by atoms with E-state index in [-0.39, 0.29) is 5.91 Å². The summed E-state index contributed by atoms with van der Waals surface area (Å²) in [6, 6.07) is 7.65. The molecule has 0 atom stereocenters. The van der Waals surface area contributed by atoms with E-state index in [4.69, 9.17) is 4.42 Å². The van der Waals surface area contributed by atoms with Crippen molar-refractivity contribution in [1.82, 2.24) is 19.3 Å². The first-order valence-electron chi connectivity index (χ1n) is 8.72. The molecule has 7 nitrogen and oxygen atoms in total. The molecule has 0 unspecified atom stereocenters. The van der Waals surface area contributed by atoms with Gasteiger partial charge in [0.15, 0.2) is 5.13 Å². The van der Waals surface area contributed by atoms with E-state index in [2.05, 4.69) is 26.4 Å². The fraction of sp³-hybridized carbons (Fsp3) is 0.211. The predicted octanol–water partition coefficient (Wildman–Crippen LogP) is 3.19. The molecule has 4 aromatic rings. The van der Waals surface area contributed by atoms with Crippen LogP contribution >= 0.6 is 11.3 Å². The van der Waals surface area contributed by atoms with Crippen molar-refractivity contribution in [1.29, 1.82) is 0 Å². The Hall–Kier alpha value is -2.97. The van der Waals surface area contributed by atoms with E-state index in [1.54, 1.807) is 6.07 Å². The molecule has 136 valence electrons. The standard InChI is InChI=1S/C19H17N5O2S/c25-18(13-5-8-26-12-13)22-19-21-15-4-7-23(11-16(15)27-19)9-14-10-24-6-2-1-3-17(24)20-14/h1-3,5-6,8,10,12H,4,7,9,11H2,(H,21,22,25). The molecule has 1 N–H and O–H groups in total. The highest BCUT2D eigenvalue weighted by Gasteiger charge is 2.22. The molecule has 1 aliphatic rings. The van der Waals surface area contributed by atoms with Crippen LogP contribution in [0.25, 0.3) is 5.65 Å². The van der Waals surface area contributed by atoms with E-state index in [9.17, 15) is 4.79 Å². The van der Waals surface area contributed by atoms with Crippen LogP contribution in [0.2, 0.25) is 0 Å². The van der Waals surface area contributed by atoms with Crippen LogP contribution in [0.5, 0.6) is 0 Å². The second-order valence-electron chi connectivity index (χ2n) is 6.51. The van der Waals surface area contributed by atoms with Gasteiger partial charge in [-0.2, -0.15) is 0 Å². The molecular weight excluding hydrogens is 362 g/mol. The van der Waals surface area contributed by atoms with Crippen LogP contribution < -0.4 is 5.32 Å². The molecule has 4 aromatic heterocycles. The highest BCUT2D eigenvalue weighted by molar-refractivity contribution is 7.15. The van der Waals surface area contributed by atoms with Gasteiger partial charge in [0.1, 0.15) is 11.9 Å². The van der Waals surface area contributed by atoms with Gasteiger partial charge in [-0.25, -0.2) is 9.97 Å². The van der Waals surface area contributed by atoms with E-state index in [0.29, 0.717) is 10.7 Å². The van der Waals surface area contributed by atoms with Gasteiger partial charge in [-0.3, -0.25) is 15.0 Å². The van der Waals surface area contributed by atoms with Gasteiger partial charge < -0.3 is 8.82 Å². The molecule has 0 aromatic carbocycles. The maximum absolute atomic E-state index is 12.2. The number of carbonyl (C=O) groups is 1. The summed E-state index contributed by atoms with van der Waals surface area (Å²) in [6.45, 7) is 2.55. The Morgan fingerprint density at radius 3 is 3.11 bits per heavy atom. The van der Waals surface area contributed by atoms with Gasteiger partial charge in [-0.15, -0.1) is 11.3 Å². The molecule has 0 bridgehead atoms. The number of imidazole rings is 1. The highest BCUT2D eigenvalue weighted by atomic mass is 32.1. The van der Waals surface area contributed by atoms with Gasteiger partial charge in [-0.1, -0.05) is 6.07 Å². The average Bonchev–Trinajstić information content (AvgIpc) is 3.40. The monoisotopic (exact) mass is 379 g/mol. The Labute approximate surface area is 159 Å². The van der Waals surface area contributed by atoms with Crippen molar-refractivity contribution in [3.63, 3.8) is 0 Å². The van der Waals surface area contributed by atoms with Gasteiger partial charge in [0.2, 0.25) is 0 Å². The Morgan fingerprint density at radius 1 is 1.30 bits per heavy atom. The maximum atomic E-state index is 12.2. The maximum Gasteiger partial charge on any atom is 0.260 e. The number of amides is 1. The number of anilines is 1. The number of nitrogens with zero attached hydrogens (tertiary/aromatic N) is 4. The molecule has 0 spiro atoms. The molecule has 0 radical (unpaired) electrons. The van der Waals surface area contributed by atoms with E-state index in [1.165, 1.54) is 28.7 Å². The second-order valence-corrected chi connectivity index (χ2v) is 7.60. The quantitative estimate of drug-likeness (QED) is 0.589. The summed E-state index contributed by atoms with van der Waals surface area (Å²) < 4.78 is 7.00. The van der Waals surface area contributed by atoms with Crippen LogP contribution in [0.15, 0.2) is 53.6 Å². The van der Waals surface area contributed by atoms with E-state index >= 15 is 0 Å². The fourth-order valence-electron chi connectivity index (χ4n) is 3.29. The number of hydrogen-bond donors (Lipinski definition) is 1. The third-order valence-corrected chi connectivity index (χ3v) is 5.61. The van der Waals surface area contributed by atoms with Crippen molar-refractivity contribution in [2.24, 2.45) is 0 Å². The Balaban J connectivity index is 1.28. The summed E-state index contributed by atoms with van der Waals surface area (Å²) in [5.74, 6) is -0.198. The van der Waals surface area contributed by atoms with Gasteiger partial charge in [-0.05, 0) is 18.2 Å². The van der Waals surface area contributed by atoms with Crippen molar-refractivity contribution >= 4 is 28.0 Å². The molecule has 5 heterocycles. The number of thiazole rings is 1. The van der Waals surface area contributed by atoms with Crippen molar-refractivity contribution in [2.75, 3.05) is 11.9 Å². The lowest BCUT2D eigenvalue weighted by molar-refractivity contribution is 0.102. The summed E-state index contributed by atoms with van der Waals surface area (Å²) in [6.07, 6.45) is 7.88. The van der Waals surface area contributed by atoms with Crippen molar-refractivity contribution < 1.29 is 9.21 Å². The molecule has 1 amide bonds. The van der Waals surface area contributed by atoms with E-state index < -0.39 is 0 Å². The van der Waals surface area contributed by atoms with Crippen LogP contribution in [0.4, 0.5) is 5.13 Å². The fourth-order valence-corrected chi connectivity index (χ4v) is 4.34. The van der Waals surface area contributed by atoms with Crippen molar-refractivity contribution in [3.8, 4) is 0 Å². The average molecular weight is 379 g/mol. The molecule has 5 rings (SSSR count). The zero-order valence-corrected chi connectivity index (χ0v) is 15.3. The minimum absolute atomic E-state index is 0.198. The molecule has 1 aliphatic heterocycles. The van der Waals surface area contributed by atoms with Crippen LogP contribution in [-0.4, -0.2) is 31.7 Å². The number of carbonyl (C=O) groups excluding carboxylic acids is 1. The number of hydrogen-bond acceptors (Lipinski definition) is 6. The van der Waals surface area contributed by atoms with Crippen molar-refractivity contribution in [3.05, 3.63) is 71.0 Å². The first kappa shape index (κ1) is 16.2. The first-order valence-corrected chi connectivity index (χ1v) is 9.53. The molecule has 0 fully saturated rings. The largest absolute Gasteiger partial charge is 0.472 e. The lowest BCUT2D eigenvalue weighted by Gasteiger charge is -2.24. The number of fused-ring (bicyclic) bond motifs is 2. The van der Waals surface area contributed by atoms with Gasteiger partial charge in [0, 0.05) is 43.3 Å². The molecular formula is C19H17N5O2S. The number of aromatic nitrogens is 3. The summed E-state index contributed by atoms with van der Waals surface area (Å²) in [5, 5.41) is 3.50. The number of furan rings is 1. The van der Waals surface area contributed by atoms with Crippen LogP contribution in [0.3, 0.4) is 0 Å². The zero-order chi connectivity index (χ0) is 18.2. The Kier molecular flexibility index (Phi) is 3.99. The minimum Gasteiger partial charge on any atom is -0.472 e. The predicted molar refractivity (Wildman–Crippen MR) is 102 cm³/mol. The molecule has 8 heteroatoms.